The Balaban J connectivity index is 0.000000633. The highest BCUT2D eigenvalue weighted by molar-refractivity contribution is 7.91. The Hall–Kier alpha value is -2.55. The third-order valence-electron chi connectivity index (χ3n) is 3.51. The van der Waals surface area contributed by atoms with Crippen LogP contribution in [-0.2, 0) is 19.6 Å². The smallest absolute Gasteiger partial charge is 0.430 e. The highest BCUT2D eigenvalue weighted by Gasteiger charge is 2.29. The van der Waals surface area contributed by atoms with Gasteiger partial charge in [-0.3, -0.25) is 9.78 Å². The number of pyridine rings is 1. The standard InChI is InChI=1S/C16H21N3O4S2.C2HF3O2/c1-19(2,3)11-12(10-15(20)21)18-25(22,23)16-8-7-14(24-16)13-6-4-5-9-17-13;3-2(4,5)1(6)7/h4-9,12,18H,10-11H2,1-3H3;(H,6,7). The molecule has 0 fully saturated rings. The number of hydrogen-bond acceptors (Lipinski definition) is 7. The molecule has 0 aliphatic carbocycles. The molecule has 178 valence electrons. The number of rotatable bonds is 8. The summed E-state index contributed by atoms with van der Waals surface area (Å²) in [6, 6.07) is 7.95. The number of quaternary nitrogens is 1. The molecule has 0 saturated heterocycles. The molecule has 2 aromatic rings. The Morgan fingerprint density at radius 2 is 1.81 bits per heavy atom. The zero-order valence-corrected chi connectivity index (χ0v) is 18.9. The maximum absolute atomic E-state index is 12.6. The van der Waals surface area contributed by atoms with Crippen molar-refractivity contribution in [2.45, 2.75) is 22.8 Å². The molecule has 0 bridgehead atoms. The van der Waals surface area contributed by atoms with Gasteiger partial charge in [-0.1, -0.05) is 6.07 Å². The summed E-state index contributed by atoms with van der Waals surface area (Å²) >= 11 is 1.11. The first-order valence-corrected chi connectivity index (χ1v) is 11.2. The van der Waals surface area contributed by atoms with Crippen molar-refractivity contribution in [3.8, 4) is 10.6 Å². The van der Waals surface area contributed by atoms with E-state index in [0.717, 1.165) is 16.2 Å². The topological polar surface area (TPSA) is 136 Å². The van der Waals surface area contributed by atoms with E-state index in [1.807, 2.05) is 27.2 Å². The van der Waals surface area contributed by atoms with Crippen LogP contribution in [0.2, 0.25) is 0 Å². The van der Waals surface area contributed by atoms with E-state index < -0.39 is 34.2 Å². The number of alkyl halides is 3. The van der Waals surface area contributed by atoms with Gasteiger partial charge in [0.25, 0.3) is 10.0 Å². The monoisotopic (exact) mass is 497 g/mol. The molecule has 14 heteroatoms. The molecule has 2 aromatic heterocycles. The minimum absolute atomic E-state index is 0.143. The molecule has 0 aromatic carbocycles. The van der Waals surface area contributed by atoms with Crippen LogP contribution in [-0.4, -0.2) is 74.8 Å². The molecule has 2 rings (SSSR count). The second-order valence-corrected chi connectivity index (χ2v) is 10.5. The number of halogens is 3. The van der Waals surface area contributed by atoms with Gasteiger partial charge in [0.05, 0.1) is 50.7 Å². The molecule has 0 aliphatic rings. The van der Waals surface area contributed by atoms with Crippen molar-refractivity contribution in [1.29, 1.82) is 0 Å². The van der Waals surface area contributed by atoms with Gasteiger partial charge in [-0.2, -0.15) is 13.2 Å². The third kappa shape index (κ3) is 9.72. The molecule has 1 atom stereocenters. The van der Waals surface area contributed by atoms with Crippen LogP contribution in [0.25, 0.3) is 10.6 Å². The number of thiophene rings is 1. The van der Waals surface area contributed by atoms with E-state index in [1.165, 1.54) is 6.07 Å². The summed E-state index contributed by atoms with van der Waals surface area (Å²) in [7, 11) is 1.85. The van der Waals surface area contributed by atoms with Crippen molar-refractivity contribution in [3.63, 3.8) is 0 Å². The largest absolute Gasteiger partial charge is 0.542 e. The first-order valence-electron chi connectivity index (χ1n) is 8.85. The molecule has 0 aliphatic heterocycles. The highest BCUT2D eigenvalue weighted by atomic mass is 32.2. The number of aliphatic carboxylic acids is 2. The van der Waals surface area contributed by atoms with Crippen LogP contribution in [0.5, 0.6) is 0 Å². The van der Waals surface area contributed by atoms with Gasteiger partial charge in [0.15, 0.2) is 0 Å². The summed E-state index contributed by atoms with van der Waals surface area (Å²) in [6.07, 6.45) is -3.82. The average molecular weight is 498 g/mol. The summed E-state index contributed by atoms with van der Waals surface area (Å²) in [5.41, 5.74) is 0.697. The predicted molar refractivity (Wildman–Crippen MR) is 108 cm³/mol. The normalized spacial score (nSPS) is 13.1. The van der Waals surface area contributed by atoms with Gasteiger partial charge in [0.2, 0.25) is 0 Å². The summed E-state index contributed by atoms with van der Waals surface area (Å²) in [5, 5.41) is 17.8. The van der Waals surface area contributed by atoms with Crippen LogP contribution in [0.3, 0.4) is 0 Å². The Morgan fingerprint density at radius 1 is 1.22 bits per heavy atom. The number of carbonyl (C=O) groups excluding carboxylic acids is 1. The molecule has 9 nitrogen and oxygen atoms in total. The summed E-state index contributed by atoms with van der Waals surface area (Å²) in [4.78, 5) is 24.8. The Labute approximate surface area is 186 Å². The molecule has 2 N–H and O–H groups in total. The van der Waals surface area contributed by atoms with Gasteiger partial charge >= 0.3 is 12.1 Å². The summed E-state index contributed by atoms with van der Waals surface area (Å²) in [6.45, 7) is 0.365. The Bertz CT molecular complexity index is 1020. The lowest BCUT2D eigenvalue weighted by Gasteiger charge is -2.28. The van der Waals surface area contributed by atoms with Crippen LogP contribution >= 0.6 is 11.3 Å². The first-order chi connectivity index (χ1) is 14.5. The van der Waals surface area contributed by atoms with Crippen molar-refractivity contribution in [2.24, 2.45) is 0 Å². The van der Waals surface area contributed by atoms with Crippen LogP contribution in [0.1, 0.15) is 6.42 Å². The number of carboxylic acids is 2. The fourth-order valence-corrected chi connectivity index (χ4v) is 4.93. The second kappa shape index (κ2) is 10.8. The van der Waals surface area contributed by atoms with Crippen LogP contribution in [0.15, 0.2) is 40.7 Å². The summed E-state index contributed by atoms with van der Waals surface area (Å²) in [5.74, 6) is -4.05. The number of nitrogens with one attached hydrogen (secondary N) is 1. The molecule has 2 heterocycles. The van der Waals surface area contributed by atoms with E-state index in [4.69, 9.17) is 15.0 Å². The quantitative estimate of drug-likeness (QED) is 0.518. The number of likely N-dealkylation sites (N-methyl/N-ethyl adjacent to an activating group) is 1. The van der Waals surface area contributed by atoms with Crippen LogP contribution in [0.4, 0.5) is 13.2 Å². The number of carbonyl (C=O) groups is 2. The van der Waals surface area contributed by atoms with Crippen molar-refractivity contribution >= 4 is 33.3 Å². The van der Waals surface area contributed by atoms with Gasteiger partial charge in [0, 0.05) is 6.20 Å². The van der Waals surface area contributed by atoms with E-state index >= 15 is 0 Å². The number of hydrogen-bond donors (Lipinski definition) is 2. The second-order valence-electron chi connectivity index (χ2n) is 7.51. The number of sulfonamides is 1. The third-order valence-corrected chi connectivity index (χ3v) is 6.63. The van der Waals surface area contributed by atoms with Crippen LogP contribution in [0, 0.1) is 0 Å². The first kappa shape index (κ1) is 27.5. The SMILES string of the molecule is C[N+](C)(C)CC(CC(=O)O)NS(=O)(=O)c1ccc(-c2ccccn2)s1.O=C([O-])C(F)(F)F. The van der Waals surface area contributed by atoms with Gasteiger partial charge < -0.3 is 19.5 Å². The van der Waals surface area contributed by atoms with Crippen molar-refractivity contribution in [3.05, 3.63) is 36.5 Å². The lowest BCUT2D eigenvalue weighted by atomic mass is 10.2. The summed E-state index contributed by atoms with van der Waals surface area (Å²) < 4.78 is 59.9. The highest BCUT2D eigenvalue weighted by Crippen LogP contribution is 2.29. The zero-order valence-electron chi connectivity index (χ0n) is 17.3. The fourth-order valence-electron chi connectivity index (χ4n) is 2.40. The fraction of sp³-hybridized carbons (Fsp3) is 0.389. The zero-order chi connectivity index (χ0) is 24.7. The van der Waals surface area contributed by atoms with Gasteiger partial charge in [-0.25, -0.2) is 13.1 Å². The molecule has 1 unspecified atom stereocenters. The predicted octanol–water partition coefficient (Wildman–Crippen LogP) is 0.937. The minimum atomic E-state index is -5.19. The molecular formula is C18H22F3N3O6S2. The van der Waals surface area contributed by atoms with Gasteiger partial charge in [-0.05, 0) is 24.3 Å². The average Bonchev–Trinajstić information content (AvgIpc) is 3.11. The lowest BCUT2D eigenvalue weighted by Crippen LogP contribution is -2.49. The maximum Gasteiger partial charge on any atom is 0.430 e. The van der Waals surface area contributed by atoms with Gasteiger partial charge in [0.1, 0.15) is 10.2 Å². The van der Waals surface area contributed by atoms with Crippen molar-refractivity contribution in [2.75, 3.05) is 27.7 Å². The number of aromatic nitrogens is 1. The lowest BCUT2D eigenvalue weighted by molar-refractivity contribution is -0.871. The van der Waals surface area contributed by atoms with Gasteiger partial charge in [-0.15, -0.1) is 11.3 Å². The van der Waals surface area contributed by atoms with E-state index in [0.29, 0.717) is 16.7 Å². The molecule has 0 saturated carbocycles. The molecule has 32 heavy (non-hydrogen) atoms. The van der Waals surface area contributed by atoms with Crippen molar-refractivity contribution < 1.29 is 45.9 Å². The minimum Gasteiger partial charge on any atom is -0.542 e. The van der Waals surface area contributed by atoms with Crippen molar-refractivity contribution in [1.82, 2.24) is 9.71 Å². The molecular weight excluding hydrogens is 475 g/mol. The van der Waals surface area contributed by atoms with E-state index in [9.17, 15) is 26.4 Å². The Morgan fingerprint density at radius 3 is 2.25 bits per heavy atom. The number of carboxylic acid groups (broad SMARTS) is 2. The van der Waals surface area contributed by atoms with Crippen LogP contribution < -0.4 is 9.83 Å². The molecule has 0 amide bonds. The molecule has 0 radical (unpaired) electrons. The Kier molecular flexibility index (Phi) is 9.32. The molecule has 0 spiro atoms. The van der Waals surface area contributed by atoms with E-state index in [-0.39, 0.29) is 10.6 Å². The van der Waals surface area contributed by atoms with E-state index in [2.05, 4.69) is 9.71 Å². The number of nitrogens with zero attached hydrogens (tertiary/aromatic N) is 2. The maximum atomic E-state index is 12.6. The van der Waals surface area contributed by atoms with E-state index in [1.54, 1.807) is 24.4 Å².